The Bertz CT molecular complexity index is 401. The van der Waals surface area contributed by atoms with E-state index in [1.54, 1.807) is 7.11 Å². The van der Waals surface area contributed by atoms with Gasteiger partial charge >= 0.3 is 0 Å². The van der Waals surface area contributed by atoms with Crippen molar-refractivity contribution in [3.05, 3.63) is 28.2 Å². The molecule has 0 heterocycles. The Morgan fingerprint density at radius 3 is 2.67 bits per heavy atom. The first-order valence-electron chi connectivity index (χ1n) is 6.66. The highest BCUT2D eigenvalue weighted by molar-refractivity contribution is 9.10. The Labute approximate surface area is 118 Å². The fourth-order valence-corrected chi connectivity index (χ4v) is 2.59. The minimum atomic E-state index is 0.578. The number of hydrogen-bond acceptors (Lipinski definition) is 2. The Morgan fingerprint density at radius 2 is 2.11 bits per heavy atom. The third-order valence-corrected chi connectivity index (χ3v) is 4.03. The second-order valence-electron chi connectivity index (χ2n) is 5.42. The molecule has 0 N–H and O–H groups in total. The maximum atomic E-state index is 5.45. The summed E-state index contributed by atoms with van der Waals surface area (Å²) in [4.78, 5) is 2.54. The third-order valence-electron chi connectivity index (χ3n) is 3.54. The van der Waals surface area contributed by atoms with Crippen molar-refractivity contribution >= 4 is 15.9 Å². The molecule has 18 heavy (non-hydrogen) atoms. The van der Waals surface area contributed by atoms with Crippen LogP contribution < -0.4 is 4.74 Å². The van der Waals surface area contributed by atoms with Gasteiger partial charge in [0, 0.05) is 29.2 Å². The van der Waals surface area contributed by atoms with Crippen LogP contribution in [0, 0.1) is 5.92 Å². The molecule has 0 amide bonds. The standard InChI is InChI=1S/C15H22BrNO/c1-11(2)17(9-12-4-5-12)10-13-8-14(16)6-7-15(13)18-3/h6-8,11-12H,4-5,9-10H2,1-3H3. The molecular weight excluding hydrogens is 290 g/mol. The summed E-state index contributed by atoms with van der Waals surface area (Å²) in [5.74, 6) is 1.91. The molecule has 2 nitrogen and oxygen atoms in total. The van der Waals surface area contributed by atoms with Crippen LogP contribution in [0.25, 0.3) is 0 Å². The first kappa shape index (κ1) is 13.9. The summed E-state index contributed by atoms with van der Waals surface area (Å²) >= 11 is 3.54. The number of benzene rings is 1. The largest absolute Gasteiger partial charge is 0.496 e. The van der Waals surface area contributed by atoms with E-state index in [4.69, 9.17) is 4.74 Å². The summed E-state index contributed by atoms with van der Waals surface area (Å²) in [6.45, 7) is 6.73. The van der Waals surface area contributed by atoms with Gasteiger partial charge in [0.2, 0.25) is 0 Å². The van der Waals surface area contributed by atoms with E-state index in [0.29, 0.717) is 6.04 Å². The minimum absolute atomic E-state index is 0.578. The average molecular weight is 312 g/mol. The average Bonchev–Trinajstić information content (AvgIpc) is 3.12. The molecule has 0 bridgehead atoms. The van der Waals surface area contributed by atoms with Crippen LogP contribution in [0.3, 0.4) is 0 Å². The highest BCUT2D eigenvalue weighted by atomic mass is 79.9. The van der Waals surface area contributed by atoms with E-state index in [2.05, 4.69) is 40.7 Å². The lowest BCUT2D eigenvalue weighted by Gasteiger charge is -2.27. The van der Waals surface area contributed by atoms with Gasteiger partial charge in [-0.25, -0.2) is 0 Å². The molecule has 0 saturated heterocycles. The van der Waals surface area contributed by atoms with Crippen LogP contribution in [0.2, 0.25) is 0 Å². The molecule has 1 saturated carbocycles. The first-order valence-corrected chi connectivity index (χ1v) is 7.46. The molecule has 1 aliphatic carbocycles. The van der Waals surface area contributed by atoms with E-state index < -0.39 is 0 Å². The van der Waals surface area contributed by atoms with Gasteiger partial charge in [0.05, 0.1) is 7.11 Å². The quantitative estimate of drug-likeness (QED) is 0.785. The van der Waals surface area contributed by atoms with Gasteiger partial charge in [0.25, 0.3) is 0 Å². The zero-order chi connectivity index (χ0) is 13.1. The van der Waals surface area contributed by atoms with E-state index in [1.807, 2.05) is 12.1 Å². The predicted molar refractivity (Wildman–Crippen MR) is 79.0 cm³/mol. The molecule has 0 radical (unpaired) electrons. The van der Waals surface area contributed by atoms with E-state index in [9.17, 15) is 0 Å². The van der Waals surface area contributed by atoms with Crippen molar-refractivity contribution in [2.45, 2.75) is 39.3 Å². The lowest BCUT2D eigenvalue weighted by molar-refractivity contribution is 0.201. The van der Waals surface area contributed by atoms with E-state index in [-0.39, 0.29) is 0 Å². The lowest BCUT2D eigenvalue weighted by atomic mass is 10.1. The van der Waals surface area contributed by atoms with Gasteiger partial charge in [-0.2, -0.15) is 0 Å². The van der Waals surface area contributed by atoms with E-state index in [0.717, 1.165) is 22.7 Å². The first-order chi connectivity index (χ1) is 8.60. The fourth-order valence-electron chi connectivity index (χ4n) is 2.18. The Hall–Kier alpha value is -0.540. The number of halogens is 1. The lowest BCUT2D eigenvalue weighted by Crippen LogP contribution is -2.32. The molecule has 2 rings (SSSR count). The molecule has 1 aromatic rings. The molecule has 0 aromatic heterocycles. The monoisotopic (exact) mass is 311 g/mol. The maximum absolute atomic E-state index is 5.45. The number of ether oxygens (including phenoxy) is 1. The van der Waals surface area contributed by atoms with Crippen LogP contribution in [-0.4, -0.2) is 24.6 Å². The van der Waals surface area contributed by atoms with Gasteiger partial charge < -0.3 is 4.74 Å². The third kappa shape index (κ3) is 3.72. The molecule has 1 aliphatic rings. The van der Waals surface area contributed by atoms with Crippen LogP contribution in [0.4, 0.5) is 0 Å². The van der Waals surface area contributed by atoms with Crippen LogP contribution in [-0.2, 0) is 6.54 Å². The van der Waals surface area contributed by atoms with Crippen molar-refractivity contribution in [2.75, 3.05) is 13.7 Å². The molecule has 0 atom stereocenters. The summed E-state index contributed by atoms with van der Waals surface area (Å²) in [5.41, 5.74) is 1.27. The van der Waals surface area contributed by atoms with Gasteiger partial charge in [-0.05, 0) is 50.8 Å². The smallest absolute Gasteiger partial charge is 0.123 e. The van der Waals surface area contributed by atoms with Gasteiger partial charge in [-0.3, -0.25) is 4.90 Å². The molecule has 1 aromatic carbocycles. The van der Waals surface area contributed by atoms with Crippen molar-refractivity contribution in [3.63, 3.8) is 0 Å². The summed E-state index contributed by atoms with van der Waals surface area (Å²) < 4.78 is 6.57. The zero-order valence-electron chi connectivity index (χ0n) is 11.4. The normalized spacial score (nSPS) is 15.4. The van der Waals surface area contributed by atoms with Crippen LogP contribution in [0.1, 0.15) is 32.3 Å². The number of methoxy groups -OCH3 is 1. The summed E-state index contributed by atoms with van der Waals surface area (Å²) in [5, 5.41) is 0. The van der Waals surface area contributed by atoms with Crippen molar-refractivity contribution in [3.8, 4) is 5.75 Å². The highest BCUT2D eigenvalue weighted by Crippen LogP contribution is 2.32. The molecule has 3 heteroatoms. The minimum Gasteiger partial charge on any atom is -0.496 e. The van der Waals surface area contributed by atoms with Crippen molar-refractivity contribution in [2.24, 2.45) is 5.92 Å². The second kappa shape index (κ2) is 6.07. The molecule has 0 aliphatic heterocycles. The van der Waals surface area contributed by atoms with Gasteiger partial charge in [-0.1, -0.05) is 15.9 Å². The second-order valence-corrected chi connectivity index (χ2v) is 6.34. The van der Waals surface area contributed by atoms with Gasteiger partial charge in [-0.15, -0.1) is 0 Å². The molecule has 1 fully saturated rings. The van der Waals surface area contributed by atoms with Crippen molar-refractivity contribution in [1.82, 2.24) is 4.90 Å². The van der Waals surface area contributed by atoms with Crippen molar-refractivity contribution in [1.29, 1.82) is 0 Å². The van der Waals surface area contributed by atoms with E-state index >= 15 is 0 Å². The van der Waals surface area contributed by atoms with Crippen LogP contribution in [0.5, 0.6) is 5.75 Å². The number of hydrogen-bond donors (Lipinski definition) is 0. The summed E-state index contributed by atoms with van der Waals surface area (Å²) in [6, 6.07) is 6.81. The van der Waals surface area contributed by atoms with Crippen molar-refractivity contribution < 1.29 is 4.74 Å². The van der Waals surface area contributed by atoms with Gasteiger partial charge in [0.15, 0.2) is 0 Å². The Balaban J connectivity index is 2.11. The molecule has 0 unspecified atom stereocenters. The molecule has 0 spiro atoms. The van der Waals surface area contributed by atoms with Crippen LogP contribution >= 0.6 is 15.9 Å². The number of rotatable bonds is 6. The van der Waals surface area contributed by atoms with Crippen LogP contribution in [0.15, 0.2) is 22.7 Å². The molecule has 100 valence electrons. The SMILES string of the molecule is COc1ccc(Br)cc1CN(CC1CC1)C(C)C. The zero-order valence-corrected chi connectivity index (χ0v) is 13.0. The van der Waals surface area contributed by atoms with E-state index in [1.165, 1.54) is 24.9 Å². The maximum Gasteiger partial charge on any atom is 0.123 e. The Morgan fingerprint density at radius 1 is 1.39 bits per heavy atom. The Kier molecular flexibility index (Phi) is 4.68. The topological polar surface area (TPSA) is 12.5 Å². The predicted octanol–water partition coefficient (Wildman–Crippen LogP) is 4.08. The fraction of sp³-hybridized carbons (Fsp3) is 0.600. The highest BCUT2D eigenvalue weighted by Gasteiger charge is 2.25. The molecular formula is C15H22BrNO. The summed E-state index contributed by atoms with van der Waals surface area (Å²) in [6.07, 6.45) is 2.80. The number of nitrogens with zero attached hydrogens (tertiary/aromatic N) is 1. The summed E-state index contributed by atoms with van der Waals surface area (Å²) in [7, 11) is 1.74. The van der Waals surface area contributed by atoms with Gasteiger partial charge in [0.1, 0.15) is 5.75 Å².